The Morgan fingerprint density at radius 3 is 2.92 bits per heavy atom. The van der Waals surface area contributed by atoms with Crippen molar-refractivity contribution >= 4 is 0 Å². The van der Waals surface area contributed by atoms with Crippen molar-refractivity contribution in [3.63, 3.8) is 0 Å². The van der Waals surface area contributed by atoms with E-state index in [1.54, 1.807) is 0 Å². The Kier molecular flexibility index (Phi) is 2.36. The topological polar surface area (TPSA) is 40.7 Å². The minimum atomic E-state index is 0.495. The molecule has 13 heavy (non-hydrogen) atoms. The Morgan fingerprint density at radius 2 is 2.38 bits per heavy atom. The highest BCUT2D eigenvalue weighted by atomic mass is 15.0. The molecule has 3 heteroatoms. The van der Waals surface area contributed by atoms with Crippen molar-refractivity contribution in [2.24, 2.45) is 0 Å². The molecule has 1 aliphatic rings. The summed E-state index contributed by atoms with van der Waals surface area (Å²) < 4.78 is 0. The van der Waals surface area contributed by atoms with Gasteiger partial charge in [0.05, 0.1) is 0 Å². The summed E-state index contributed by atoms with van der Waals surface area (Å²) in [7, 11) is 0. The SMILES string of the molecule is CC(C)c1ncc(CNC2CC2)[nH]1. The van der Waals surface area contributed by atoms with Gasteiger partial charge in [-0.05, 0) is 12.8 Å². The van der Waals surface area contributed by atoms with Crippen molar-refractivity contribution in [3.05, 3.63) is 17.7 Å². The van der Waals surface area contributed by atoms with Crippen LogP contribution in [0.4, 0.5) is 0 Å². The van der Waals surface area contributed by atoms with Crippen LogP contribution in [-0.4, -0.2) is 16.0 Å². The number of H-pyrrole nitrogens is 1. The summed E-state index contributed by atoms with van der Waals surface area (Å²) in [4.78, 5) is 7.64. The second-order valence-electron chi connectivity index (χ2n) is 4.10. The number of rotatable bonds is 4. The van der Waals surface area contributed by atoms with E-state index >= 15 is 0 Å². The molecule has 2 N–H and O–H groups in total. The van der Waals surface area contributed by atoms with Crippen molar-refractivity contribution in [1.82, 2.24) is 15.3 Å². The fraction of sp³-hybridized carbons (Fsp3) is 0.700. The summed E-state index contributed by atoms with van der Waals surface area (Å²) >= 11 is 0. The first-order valence-corrected chi connectivity index (χ1v) is 5.03. The molecule has 1 aromatic heterocycles. The maximum Gasteiger partial charge on any atom is 0.108 e. The predicted octanol–water partition coefficient (Wildman–Crippen LogP) is 1.79. The van der Waals surface area contributed by atoms with Crippen LogP contribution in [0.2, 0.25) is 0 Å². The van der Waals surface area contributed by atoms with Gasteiger partial charge in [0.25, 0.3) is 0 Å². The van der Waals surface area contributed by atoms with Gasteiger partial charge in [0.2, 0.25) is 0 Å². The lowest BCUT2D eigenvalue weighted by Crippen LogP contribution is -2.15. The van der Waals surface area contributed by atoms with Gasteiger partial charge < -0.3 is 10.3 Å². The van der Waals surface area contributed by atoms with Crippen molar-refractivity contribution in [3.8, 4) is 0 Å². The number of nitrogens with one attached hydrogen (secondary N) is 2. The van der Waals surface area contributed by atoms with Crippen LogP contribution in [-0.2, 0) is 6.54 Å². The van der Waals surface area contributed by atoms with Gasteiger partial charge >= 0.3 is 0 Å². The minimum absolute atomic E-state index is 0.495. The Morgan fingerprint density at radius 1 is 1.62 bits per heavy atom. The summed E-state index contributed by atoms with van der Waals surface area (Å²) in [5, 5.41) is 3.45. The van der Waals surface area contributed by atoms with E-state index in [-0.39, 0.29) is 0 Å². The molecule has 72 valence electrons. The van der Waals surface area contributed by atoms with E-state index in [9.17, 15) is 0 Å². The maximum absolute atomic E-state index is 4.32. The molecule has 0 saturated heterocycles. The third kappa shape index (κ3) is 2.31. The van der Waals surface area contributed by atoms with Crippen molar-refractivity contribution in [1.29, 1.82) is 0 Å². The fourth-order valence-corrected chi connectivity index (χ4v) is 1.30. The molecule has 0 aliphatic heterocycles. The molecule has 1 fully saturated rings. The Labute approximate surface area is 79.0 Å². The smallest absolute Gasteiger partial charge is 0.108 e. The summed E-state index contributed by atoms with van der Waals surface area (Å²) in [5.41, 5.74) is 1.20. The van der Waals surface area contributed by atoms with E-state index in [1.165, 1.54) is 18.5 Å². The molecule has 0 unspecified atom stereocenters. The van der Waals surface area contributed by atoms with Crippen LogP contribution in [0.1, 0.15) is 44.1 Å². The van der Waals surface area contributed by atoms with Gasteiger partial charge in [-0.1, -0.05) is 13.8 Å². The first-order valence-electron chi connectivity index (χ1n) is 5.03. The molecular weight excluding hydrogens is 162 g/mol. The van der Waals surface area contributed by atoms with E-state index in [4.69, 9.17) is 0 Å². The molecule has 1 aromatic rings. The summed E-state index contributed by atoms with van der Waals surface area (Å²) in [6.45, 7) is 5.23. The lowest BCUT2D eigenvalue weighted by atomic mass is 10.2. The maximum atomic E-state index is 4.32. The molecule has 3 nitrogen and oxygen atoms in total. The predicted molar refractivity (Wildman–Crippen MR) is 52.5 cm³/mol. The van der Waals surface area contributed by atoms with E-state index in [0.29, 0.717) is 5.92 Å². The molecule has 0 aromatic carbocycles. The quantitative estimate of drug-likeness (QED) is 0.739. The Hall–Kier alpha value is -0.830. The van der Waals surface area contributed by atoms with Gasteiger partial charge in [-0.15, -0.1) is 0 Å². The van der Waals surface area contributed by atoms with Crippen molar-refractivity contribution in [2.75, 3.05) is 0 Å². The van der Waals surface area contributed by atoms with Crippen LogP contribution in [0.15, 0.2) is 6.20 Å². The molecule has 0 radical (unpaired) electrons. The normalized spacial score (nSPS) is 16.8. The number of aromatic nitrogens is 2. The van der Waals surface area contributed by atoms with Gasteiger partial charge in [-0.3, -0.25) is 0 Å². The zero-order valence-electron chi connectivity index (χ0n) is 8.30. The third-order valence-corrected chi connectivity index (χ3v) is 2.35. The zero-order chi connectivity index (χ0) is 9.26. The van der Waals surface area contributed by atoms with Gasteiger partial charge in [0.15, 0.2) is 0 Å². The van der Waals surface area contributed by atoms with Crippen molar-refractivity contribution in [2.45, 2.75) is 45.2 Å². The summed E-state index contributed by atoms with van der Waals surface area (Å²) in [6, 6.07) is 0.769. The number of nitrogens with zero attached hydrogens (tertiary/aromatic N) is 1. The standard InChI is InChI=1S/C10H17N3/c1-7(2)10-12-6-9(13-10)5-11-8-3-4-8/h6-8,11H,3-5H2,1-2H3,(H,12,13). The molecule has 1 aliphatic carbocycles. The second-order valence-corrected chi connectivity index (χ2v) is 4.10. The zero-order valence-corrected chi connectivity index (χ0v) is 8.30. The fourth-order valence-electron chi connectivity index (χ4n) is 1.30. The monoisotopic (exact) mass is 179 g/mol. The minimum Gasteiger partial charge on any atom is -0.345 e. The molecule has 1 heterocycles. The van der Waals surface area contributed by atoms with Gasteiger partial charge in [-0.2, -0.15) is 0 Å². The van der Waals surface area contributed by atoms with Crippen LogP contribution >= 0.6 is 0 Å². The van der Waals surface area contributed by atoms with Gasteiger partial charge in [0.1, 0.15) is 5.82 Å². The van der Waals surface area contributed by atoms with Gasteiger partial charge in [0, 0.05) is 30.4 Å². The van der Waals surface area contributed by atoms with Crippen molar-refractivity contribution < 1.29 is 0 Å². The first-order chi connectivity index (χ1) is 6.25. The number of aromatic amines is 1. The van der Waals surface area contributed by atoms with E-state index in [1.807, 2.05) is 6.20 Å². The Balaban J connectivity index is 1.88. The van der Waals surface area contributed by atoms with Crippen LogP contribution < -0.4 is 5.32 Å². The molecular formula is C10H17N3. The third-order valence-electron chi connectivity index (χ3n) is 2.35. The molecule has 0 bridgehead atoms. The van der Waals surface area contributed by atoms with E-state index in [2.05, 4.69) is 29.1 Å². The average Bonchev–Trinajstić information content (AvgIpc) is 2.79. The number of hydrogen-bond donors (Lipinski definition) is 2. The summed E-state index contributed by atoms with van der Waals surface area (Å²) in [6.07, 6.45) is 4.61. The lowest BCUT2D eigenvalue weighted by Gasteiger charge is -2.00. The average molecular weight is 179 g/mol. The van der Waals surface area contributed by atoms with E-state index in [0.717, 1.165) is 18.4 Å². The first kappa shape index (κ1) is 8.75. The largest absolute Gasteiger partial charge is 0.345 e. The van der Waals surface area contributed by atoms with Crippen LogP contribution in [0.5, 0.6) is 0 Å². The highest BCUT2D eigenvalue weighted by Crippen LogP contribution is 2.19. The summed E-state index contributed by atoms with van der Waals surface area (Å²) in [5.74, 6) is 1.59. The van der Waals surface area contributed by atoms with Crippen LogP contribution in [0, 0.1) is 0 Å². The second kappa shape index (κ2) is 3.50. The van der Waals surface area contributed by atoms with Gasteiger partial charge in [-0.25, -0.2) is 4.98 Å². The van der Waals surface area contributed by atoms with E-state index < -0.39 is 0 Å². The molecule has 0 amide bonds. The lowest BCUT2D eigenvalue weighted by molar-refractivity contribution is 0.673. The highest BCUT2D eigenvalue weighted by Gasteiger charge is 2.20. The van der Waals surface area contributed by atoms with Crippen LogP contribution in [0.3, 0.4) is 0 Å². The Bertz CT molecular complexity index is 273. The molecule has 0 atom stereocenters. The molecule has 0 spiro atoms. The number of imidazole rings is 1. The number of hydrogen-bond acceptors (Lipinski definition) is 2. The highest BCUT2D eigenvalue weighted by molar-refractivity contribution is 5.04. The molecule has 1 saturated carbocycles. The van der Waals surface area contributed by atoms with Crippen LogP contribution in [0.25, 0.3) is 0 Å². The molecule has 2 rings (SSSR count).